The normalized spacial score (nSPS) is 10.7. The maximum atomic E-state index is 11.3. The monoisotopic (exact) mass is 275 g/mol. The van der Waals surface area contributed by atoms with Gasteiger partial charge in [-0.25, -0.2) is 10.1 Å². The zero-order chi connectivity index (χ0) is 12.7. The van der Waals surface area contributed by atoms with Crippen LogP contribution >= 0.6 is 23.2 Å². The van der Waals surface area contributed by atoms with Crippen LogP contribution in [0.4, 0.5) is 0 Å². The minimum Gasteiger partial charge on any atom is -0.315 e. The molecular weight excluding hydrogens is 273 g/mol. The molecule has 1 N–H and O–H groups in total. The van der Waals surface area contributed by atoms with Crippen molar-refractivity contribution in [2.24, 2.45) is 0 Å². The molecule has 7 nitrogen and oxygen atoms in total. The third-order valence-electron chi connectivity index (χ3n) is 2.06. The molecule has 17 heavy (non-hydrogen) atoms. The summed E-state index contributed by atoms with van der Waals surface area (Å²) in [5.74, 6) is 0. The van der Waals surface area contributed by atoms with E-state index in [9.17, 15) is 19.7 Å². The van der Waals surface area contributed by atoms with Crippen molar-refractivity contribution in [3.05, 3.63) is 53.0 Å². The van der Waals surface area contributed by atoms with Gasteiger partial charge in [0.15, 0.2) is 5.03 Å². The second kappa shape index (κ2) is 3.86. The van der Waals surface area contributed by atoms with Gasteiger partial charge in [0.1, 0.15) is 5.52 Å². The predicted molar refractivity (Wildman–Crippen MR) is 61.2 cm³/mol. The summed E-state index contributed by atoms with van der Waals surface area (Å²) in [5.41, 5.74) is -2.47. The fourth-order valence-electron chi connectivity index (χ4n) is 1.36. The summed E-state index contributed by atoms with van der Waals surface area (Å²) in [6.07, 6.45) is 0. The molecule has 0 unspecified atom stereocenters. The average molecular weight is 276 g/mol. The maximum Gasteiger partial charge on any atom is 0.377 e. The number of H-pyrrole nitrogens is 1. The van der Waals surface area contributed by atoms with Crippen molar-refractivity contribution in [1.82, 2.24) is 9.66 Å². The van der Waals surface area contributed by atoms with Gasteiger partial charge in [-0.05, 0) is 16.8 Å². The van der Waals surface area contributed by atoms with Crippen molar-refractivity contribution in [1.29, 1.82) is 0 Å². The molecule has 0 spiro atoms. The van der Waals surface area contributed by atoms with Gasteiger partial charge in [-0.2, -0.15) is 0 Å². The molecular formula is C8H3Cl2N3O4. The number of halogens is 2. The van der Waals surface area contributed by atoms with Crippen LogP contribution in [0.3, 0.4) is 0 Å². The summed E-state index contributed by atoms with van der Waals surface area (Å²) in [4.78, 5) is 35.4. The molecule has 1 heterocycles. The van der Waals surface area contributed by atoms with Crippen molar-refractivity contribution in [2.45, 2.75) is 0 Å². The maximum absolute atomic E-state index is 11.3. The van der Waals surface area contributed by atoms with E-state index in [4.69, 9.17) is 23.2 Å². The Bertz CT molecular complexity index is 749. The van der Waals surface area contributed by atoms with E-state index in [1.54, 1.807) is 0 Å². The second-order valence-corrected chi connectivity index (χ2v) is 3.91. The number of aromatic nitrogens is 2. The molecule has 0 bridgehead atoms. The van der Waals surface area contributed by atoms with Crippen LogP contribution in [0.5, 0.6) is 0 Å². The average Bonchev–Trinajstić information content (AvgIpc) is 2.23. The summed E-state index contributed by atoms with van der Waals surface area (Å²) in [5, 5.41) is 9.88. The van der Waals surface area contributed by atoms with Crippen LogP contribution in [0, 0.1) is 10.1 Å². The summed E-state index contributed by atoms with van der Waals surface area (Å²) in [6, 6.07) is 2.37. The standard InChI is InChI=1S/C8H3Cl2N3O4/c9-3-1-5-6(2-4(3)10)12(13(16)17)8(15)7(14)11-5/h1-2H,(H,11,14). The molecule has 0 aliphatic heterocycles. The molecule has 0 aliphatic rings. The molecule has 9 heteroatoms. The highest BCUT2D eigenvalue weighted by Crippen LogP contribution is 2.25. The van der Waals surface area contributed by atoms with Gasteiger partial charge >= 0.3 is 11.1 Å². The highest BCUT2D eigenvalue weighted by atomic mass is 35.5. The molecule has 88 valence electrons. The van der Waals surface area contributed by atoms with E-state index < -0.39 is 16.2 Å². The second-order valence-electron chi connectivity index (χ2n) is 3.09. The molecule has 1 aromatic carbocycles. The van der Waals surface area contributed by atoms with Gasteiger partial charge in [-0.15, -0.1) is 0 Å². The van der Waals surface area contributed by atoms with E-state index in [0.29, 0.717) is 0 Å². The van der Waals surface area contributed by atoms with Crippen molar-refractivity contribution in [3.63, 3.8) is 0 Å². The van der Waals surface area contributed by atoms with Crippen LogP contribution in [0.1, 0.15) is 0 Å². The number of nitrogens with zero attached hydrogens (tertiary/aromatic N) is 2. The predicted octanol–water partition coefficient (Wildman–Crippen LogP) is 1.04. The lowest BCUT2D eigenvalue weighted by Crippen LogP contribution is -2.39. The quantitative estimate of drug-likeness (QED) is 0.478. The van der Waals surface area contributed by atoms with Crippen molar-refractivity contribution in [2.75, 3.05) is 0 Å². The first-order valence-electron chi connectivity index (χ1n) is 4.20. The minimum atomic E-state index is -1.29. The van der Waals surface area contributed by atoms with Crippen molar-refractivity contribution >= 4 is 34.2 Å². The number of rotatable bonds is 1. The number of fused-ring (bicyclic) bond motifs is 1. The van der Waals surface area contributed by atoms with Crippen molar-refractivity contribution in [3.8, 4) is 0 Å². The highest BCUT2D eigenvalue weighted by molar-refractivity contribution is 6.42. The van der Waals surface area contributed by atoms with E-state index in [0.717, 1.165) is 6.07 Å². The third-order valence-corrected chi connectivity index (χ3v) is 2.79. The fraction of sp³-hybridized carbons (Fsp3) is 0. The topological polar surface area (TPSA) is 98.0 Å². The molecule has 0 atom stereocenters. The number of nitro groups is 1. The SMILES string of the molecule is O=c1[nH]c2cc(Cl)c(Cl)cc2n([N+](=O)[O-])c1=O. The van der Waals surface area contributed by atoms with Gasteiger partial charge in [-0.1, -0.05) is 23.2 Å². The fourth-order valence-corrected chi connectivity index (χ4v) is 1.68. The lowest BCUT2D eigenvalue weighted by Gasteiger charge is -2.02. The van der Waals surface area contributed by atoms with Gasteiger partial charge in [0, 0.05) is 0 Å². The van der Waals surface area contributed by atoms with Crippen LogP contribution in [-0.2, 0) is 0 Å². The molecule has 2 aromatic rings. The van der Waals surface area contributed by atoms with Crippen LogP contribution in [0.25, 0.3) is 11.0 Å². The van der Waals surface area contributed by atoms with E-state index >= 15 is 0 Å². The first-order valence-corrected chi connectivity index (χ1v) is 4.96. The molecule has 0 fully saturated rings. The number of hydrogen-bond acceptors (Lipinski definition) is 4. The molecule has 1 aromatic heterocycles. The van der Waals surface area contributed by atoms with Crippen LogP contribution in [0.15, 0.2) is 21.7 Å². The van der Waals surface area contributed by atoms with Crippen molar-refractivity contribution < 1.29 is 5.03 Å². The van der Waals surface area contributed by atoms with Gasteiger partial charge < -0.3 is 4.98 Å². The van der Waals surface area contributed by atoms with E-state index in [1.807, 2.05) is 0 Å². The van der Waals surface area contributed by atoms with Gasteiger partial charge in [0.25, 0.3) is 0 Å². The lowest BCUT2D eigenvalue weighted by atomic mass is 10.3. The Kier molecular flexibility index (Phi) is 2.64. The summed E-state index contributed by atoms with van der Waals surface area (Å²) in [7, 11) is 0. The Morgan fingerprint density at radius 1 is 1.24 bits per heavy atom. The number of aromatic amines is 1. The van der Waals surface area contributed by atoms with E-state index in [2.05, 4.69) is 4.98 Å². The number of nitrogens with one attached hydrogen (secondary N) is 1. The lowest BCUT2D eigenvalue weighted by molar-refractivity contribution is -0.540. The summed E-state index contributed by atoms with van der Waals surface area (Å²) in [6.45, 7) is 0. The summed E-state index contributed by atoms with van der Waals surface area (Å²) >= 11 is 11.4. The van der Waals surface area contributed by atoms with Crippen LogP contribution in [-0.4, -0.2) is 14.7 Å². The van der Waals surface area contributed by atoms with Gasteiger partial charge in [0.05, 0.1) is 15.6 Å². The molecule has 2 rings (SSSR count). The molecule has 0 saturated carbocycles. The Balaban J connectivity index is 3.09. The largest absolute Gasteiger partial charge is 0.377 e. The first kappa shape index (κ1) is 11.6. The molecule has 0 aliphatic carbocycles. The van der Waals surface area contributed by atoms with E-state index in [1.165, 1.54) is 6.07 Å². The van der Waals surface area contributed by atoms with Gasteiger partial charge in [0.2, 0.25) is 0 Å². The smallest absolute Gasteiger partial charge is 0.315 e. The molecule has 0 amide bonds. The Labute approximate surface area is 102 Å². The van der Waals surface area contributed by atoms with Gasteiger partial charge in [-0.3, -0.25) is 9.59 Å². The first-order chi connectivity index (χ1) is 7.91. The Morgan fingerprint density at radius 2 is 1.82 bits per heavy atom. The molecule has 0 saturated heterocycles. The number of hydrogen-bond donors (Lipinski definition) is 1. The number of benzene rings is 1. The van der Waals surface area contributed by atoms with Crippen LogP contribution < -0.4 is 11.1 Å². The summed E-state index contributed by atoms with van der Waals surface area (Å²) < 4.78 is 0.121. The Hall–Kier alpha value is -1.86. The highest BCUT2D eigenvalue weighted by Gasteiger charge is 2.17. The molecule has 0 radical (unpaired) electrons. The van der Waals surface area contributed by atoms with E-state index in [-0.39, 0.29) is 25.8 Å². The minimum absolute atomic E-state index is 0.0428. The zero-order valence-electron chi connectivity index (χ0n) is 7.94. The Morgan fingerprint density at radius 3 is 2.41 bits per heavy atom. The van der Waals surface area contributed by atoms with Crippen LogP contribution in [0.2, 0.25) is 10.0 Å². The zero-order valence-corrected chi connectivity index (χ0v) is 9.45. The third kappa shape index (κ3) is 1.79.